The van der Waals surface area contributed by atoms with Gasteiger partial charge in [-0.1, -0.05) is 26.2 Å². The second-order valence-corrected chi connectivity index (χ2v) is 5.98. The summed E-state index contributed by atoms with van der Waals surface area (Å²) in [5.41, 5.74) is -0.152. The normalized spacial score (nSPS) is 25.6. The van der Waals surface area contributed by atoms with Gasteiger partial charge in [0.2, 0.25) is 5.91 Å². The third kappa shape index (κ3) is 5.36. The molecule has 0 heterocycles. The van der Waals surface area contributed by atoms with Crippen molar-refractivity contribution in [1.82, 2.24) is 10.6 Å². The Balaban J connectivity index is 2.32. The molecule has 0 saturated heterocycles. The molecule has 1 amide bonds. The van der Waals surface area contributed by atoms with E-state index in [1.54, 1.807) is 0 Å². The summed E-state index contributed by atoms with van der Waals surface area (Å²) in [6.07, 6.45) is 5.82. The third-order valence-corrected chi connectivity index (χ3v) is 3.87. The maximum absolute atomic E-state index is 11.8. The van der Waals surface area contributed by atoms with Crippen LogP contribution in [0.5, 0.6) is 0 Å². The van der Waals surface area contributed by atoms with Crippen LogP contribution in [0.15, 0.2) is 0 Å². The van der Waals surface area contributed by atoms with Gasteiger partial charge in [0.1, 0.15) is 0 Å². The van der Waals surface area contributed by atoms with E-state index in [2.05, 4.69) is 17.6 Å². The molecule has 18 heavy (non-hydrogen) atoms. The molecular weight excluding hydrogens is 228 g/mol. The van der Waals surface area contributed by atoms with Crippen LogP contribution < -0.4 is 10.6 Å². The van der Waals surface area contributed by atoms with Crippen molar-refractivity contribution in [3.05, 3.63) is 0 Å². The molecule has 0 spiro atoms. The minimum absolute atomic E-state index is 0.0123. The summed E-state index contributed by atoms with van der Waals surface area (Å²) in [6.45, 7) is 6.39. The zero-order valence-electron chi connectivity index (χ0n) is 12.0. The fraction of sp³-hybridized carbons (Fsp3) is 0.929. The topological polar surface area (TPSA) is 61.4 Å². The van der Waals surface area contributed by atoms with Crippen LogP contribution in [0, 0.1) is 0 Å². The molecule has 1 aliphatic carbocycles. The largest absolute Gasteiger partial charge is 0.392 e. The molecule has 1 fully saturated rings. The summed E-state index contributed by atoms with van der Waals surface area (Å²) in [4.78, 5) is 11.8. The van der Waals surface area contributed by atoms with Gasteiger partial charge in [-0.2, -0.15) is 0 Å². The first-order valence-electron chi connectivity index (χ1n) is 7.17. The van der Waals surface area contributed by atoms with Gasteiger partial charge in [-0.25, -0.2) is 0 Å². The van der Waals surface area contributed by atoms with Gasteiger partial charge in [0.05, 0.1) is 12.6 Å². The molecule has 0 aliphatic heterocycles. The number of hydrogen-bond acceptors (Lipinski definition) is 3. The predicted molar refractivity (Wildman–Crippen MR) is 73.4 cm³/mol. The van der Waals surface area contributed by atoms with Gasteiger partial charge in [0.25, 0.3) is 0 Å². The van der Waals surface area contributed by atoms with Gasteiger partial charge in [0, 0.05) is 11.6 Å². The molecular formula is C14H28N2O2. The van der Waals surface area contributed by atoms with E-state index in [4.69, 9.17) is 0 Å². The first kappa shape index (κ1) is 15.4. The Hall–Kier alpha value is -0.610. The van der Waals surface area contributed by atoms with Crippen molar-refractivity contribution in [2.75, 3.05) is 6.54 Å². The molecule has 0 aromatic rings. The van der Waals surface area contributed by atoms with Crippen LogP contribution >= 0.6 is 0 Å². The van der Waals surface area contributed by atoms with Crippen molar-refractivity contribution in [2.24, 2.45) is 0 Å². The summed E-state index contributed by atoms with van der Waals surface area (Å²) in [6, 6.07) is 0.0722. The molecule has 3 N–H and O–H groups in total. The minimum atomic E-state index is -0.306. The smallest absolute Gasteiger partial charge is 0.234 e. The van der Waals surface area contributed by atoms with Crippen molar-refractivity contribution in [3.8, 4) is 0 Å². The second kappa shape index (κ2) is 7.10. The van der Waals surface area contributed by atoms with Gasteiger partial charge in [-0.05, 0) is 33.1 Å². The molecule has 0 aromatic heterocycles. The Bertz CT molecular complexity index is 267. The van der Waals surface area contributed by atoms with E-state index >= 15 is 0 Å². The molecule has 2 atom stereocenters. The second-order valence-electron chi connectivity index (χ2n) is 5.98. The number of carbonyl (C=O) groups is 1. The number of amides is 1. The molecule has 1 rings (SSSR count). The van der Waals surface area contributed by atoms with E-state index in [0.29, 0.717) is 6.54 Å². The monoisotopic (exact) mass is 256 g/mol. The van der Waals surface area contributed by atoms with Gasteiger partial charge in [-0.3, -0.25) is 4.79 Å². The van der Waals surface area contributed by atoms with Crippen LogP contribution in [0.3, 0.4) is 0 Å². The lowest BCUT2D eigenvalue weighted by atomic mass is 10.0. The van der Waals surface area contributed by atoms with E-state index in [1.165, 1.54) is 6.42 Å². The summed E-state index contributed by atoms with van der Waals surface area (Å²) in [5.74, 6) is 0.0123. The molecule has 1 aliphatic rings. The lowest BCUT2D eigenvalue weighted by Gasteiger charge is -2.26. The standard InChI is InChI=1S/C14H28N2O2/c1-4-14(2,3)16-13(18)10-15-11-8-6-5-7-9-12(11)17/h11-12,15,17H,4-10H2,1-3H3,(H,16,18). The van der Waals surface area contributed by atoms with E-state index in [0.717, 1.165) is 32.1 Å². The predicted octanol–water partition coefficient (Wildman–Crippen LogP) is 1.57. The van der Waals surface area contributed by atoms with Crippen molar-refractivity contribution in [3.63, 3.8) is 0 Å². The van der Waals surface area contributed by atoms with Crippen molar-refractivity contribution < 1.29 is 9.90 Å². The maximum atomic E-state index is 11.8. The van der Waals surface area contributed by atoms with Crippen LogP contribution in [0.4, 0.5) is 0 Å². The maximum Gasteiger partial charge on any atom is 0.234 e. The first-order chi connectivity index (χ1) is 8.44. The minimum Gasteiger partial charge on any atom is -0.392 e. The third-order valence-electron chi connectivity index (χ3n) is 3.87. The Morgan fingerprint density at radius 2 is 1.94 bits per heavy atom. The number of nitrogens with one attached hydrogen (secondary N) is 2. The molecule has 106 valence electrons. The highest BCUT2D eigenvalue weighted by molar-refractivity contribution is 5.78. The van der Waals surface area contributed by atoms with Gasteiger partial charge < -0.3 is 15.7 Å². The zero-order valence-corrected chi connectivity index (χ0v) is 12.0. The average Bonchev–Trinajstić information content (AvgIpc) is 2.51. The van der Waals surface area contributed by atoms with Crippen LogP contribution in [0.25, 0.3) is 0 Å². The van der Waals surface area contributed by atoms with Crippen LogP contribution in [0.2, 0.25) is 0 Å². The lowest BCUT2D eigenvalue weighted by Crippen LogP contribution is -2.49. The fourth-order valence-electron chi connectivity index (χ4n) is 2.26. The molecule has 4 nitrogen and oxygen atoms in total. The van der Waals surface area contributed by atoms with E-state index in [9.17, 15) is 9.90 Å². The highest BCUT2D eigenvalue weighted by atomic mass is 16.3. The molecule has 0 aromatic carbocycles. The summed E-state index contributed by atoms with van der Waals surface area (Å²) < 4.78 is 0. The van der Waals surface area contributed by atoms with Crippen molar-refractivity contribution >= 4 is 5.91 Å². The van der Waals surface area contributed by atoms with Crippen LogP contribution in [-0.4, -0.2) is 35.2 Å². The summed E-state index contributed by atoms with van der Waals surface area (Å²) >= 11 is 0. The van der Waals surface area contributed by atoms with Crippen molar-refractivity contribution in [2.45, 2.75) is 77.0 Å². The molecule has 0 radical (unpaired) electrons. The number of aliphatic hydroxyl groups excluding tert-OH is 1. The number of aliphatic hydroxyl groups is 1. The molecule has 1 saturated carbocycles. The van der Waals surface area contributed by atoms with Crippen molar-refractivity contribution in [1.29, 1.82) is 0 Å². The highest BCUT2D eigenvalue weighted by Crippen LogP contribution is 2.17. The van der Waals surface area contributed by atoms with E-state index in [-0.39, 0.29) is 23.6 Å². The molecule has 0 bridgehead atoms. The van der Waals surface area contributed by atoms with Gasteiger partial charge in [0.15, 0.2) is 0 Å². The Kier molecular flexibility index (Phi) is 6.09. The van der Waals surface area contributed by atoms with Gasteiger partial charge in [-0.15, -0.1) is 0 Å². The number of hydrogen-bond donors (Lipinski definition) is 3. The van der Waals surface area contributed by atoms with Crippen LogP contribution in [-0.2, 0) is 4.79 Å². The zero-order chi connectivity index (χ0) is 13.6. The fourth-order valence-corrected chi connectivity index (χ4v) is 2.26. The lowest BCUT2D eigenvalue weighted by molar-refractivity contribution is -0.122. The summed E-state index contributed by atoms with van der Waals surface area (Å²) in [7, 11) is 0. The number of rotatable bonds is 5. The Labute approximate surface area is 111 Å². The molecule has 2 unspecified atom stereocenters. The van der Waals surface area contributed by atoms with E-state index in [1.807, 2.05) is 13.8 Å². The number of carbonyl (C=O) groups excluding carboxylic acids is 1. The van der Waals surface area contributed by atoms with E-state index < -0.39 is 0 Å². The Morgan fingerprint density at radius 3 is 2.61 bits per heavy atom. The summed E-state index contributed by atoms with van der Waals surface area (Å²) in [5, 5.41) is 16.1. The van der Waals surface area contributed by atoms with Gasteiger partial charge >= 0.3 is 0 Å². The Morgan fingerprint density at radius 1 is 1.28 bits per heavy atom. The quantitative estimate of drug-likeness (QED) is 0.654. The average molecular weight is 256 g/mol. The van der Waals surface area contributed by atoms with Crippen LogP contribution in [0.1, 0.15) is 59.3 Å². The SMILES string of the molecule is CCC(C)(C)NC(=O)CNC1CCCCCC1O. The highest BCUT2D eigenvalue weighted by Gasteiger charge is 2.23. The molecule has 4 heteroatoms. The first-order valence-corrected chi connectivity index (χ1v) is 7.17.